The second kappa shape index (κ2) is 2.82. The van der Waals surface area contributed by atoms with Crippen LogP contribution in [-0.4, -0.2) is 5.11 Å². The van der Waals surface area contributed by atoms with Crippen molar-refractivity contribution in [3.8, 4) is 5.75 Å². The normalized spacial score (nSPS) is 10.9. The van der Waals surface area contributed by atoms with Gasteiger partial charge in [-0.3, -0.25) is 0 Å². The predicted molar refractivity (Wildman–Crippen MR) is 56.1 cm³/mol. The third kappa shape index (κ3) is 1.26. The van der Waals surface area contributed by atoms with E-state index in [-0.39, 0.29) is 0 Å². The molecule has 2 nitrogen and oxygen atoms in total. The molecule has 68 valence electrons. The van der Waals surface area contributed by atoms with Gasteiger partial charge in [-0.05, 0) is 37.7 Å². The van der Waals surface area contributed by atoms with Crippen molar-refractivity contribution in [1.82, 2.24) is 0 Å². The lowest BCUT2D eigenvalue weighted by atomic mass is 10.1. The summed E-state index contributed by atoms with van der Waals surface area (Å²) in [5.41, 5.74) is 2.56. The van der Waals surface area contributed by atoms with E-state index in [1.54, 1.807) is 6.07 Å². The summed E-state index contributed by atoms with van der Waals surface area (Å²) in [6.07, 6.45) is 0. The second-order valence-electron chi connectivity index (χ2n) is 2.95. The molecule has 0 aliphatic rings. The van der Waals surface area contributed by atoms with Crippen molar-refractivity contribution in [2.24, 2.45) is 0 Å². The molecule has 0 unspecified atom stereocenters. The van der Waals surface area contributed by atoms with E-state index in [1.807, 2.05) is 13.8 Å². The zero-order valence-corrected chi connectivity index (χ0v) is 8.88. The van der Waals surface area contributed by atoms with Crippen molar-refractivity contribution in [3.05, 3.63) is 21.2 Å². The van der Waals surface area contributed by atoms with Crippen LogP contribution in [0.3, 0.4) is 0 Å². The molecule has 0 saturated heterocycles. The smallest absolute Gasteiger partial charge is 0.248 e. The lowest BCUT2D eigenvalue weighted by Crippen LogP contribution is -1.78. The Morgan fingerprint density at radius 1 is 1.46 bits per heavy atom. The van der Waals surface area contributed by atoms with Gasteiger partial charge in [-0.15, -0.1) is 0 Å². The summed E-state index contributed by atoms with van der Waals surface area (Å²) in [6.45, 7) is 3.75. The van der Waals surface area contributed by atoms with E-state index in [2.05, 4.69) is 0 Å². The fraction of sp³-hybridized carbons (Fsp3) is 0.222. The molecular formula is C9H8O2S2. The van der Waals surface area contributed by atoms with Gasteiger partial charge >= 0.3 is 0 Å². The molecule has 0 radical (unpaired) electrons. The molecule has 4 heteroatoms. The topological polar surface area (TPSA) is 33.4 Å². The van der Waals surface area contributed by atoms with Crippen LogP contribution >= 0.6 is 23.6 Å². The first-order chi connectivity index (χ1) is 6.09. The number of rotatable bonds is 0. The Bertz CT molecular complexity index is 522. The van der Waals surface area contributed by atoms with Crippen LogP contribution in [0.5, 0.6) is 5.75 Å². The van der Waals surface area contributed by atoms with Gasteiger partial charge in [0.05, 0.1) is 4.70 Å². The number of phenolic OH excluding ortho intramolecular Hbond substituents is 1. The molecule has 2 aromatic rings. The Labute approximate surface area is 84.4 Å². The monoisotopic (exact) mass is 212 g/mol. The van der Waals surface area contributed by atoms with Crippen molar-refractivity contribution in [1.29, 1.82) is 0 Å². The molecule has 0 aliphatic carbocycles. The molecule has 0 bridgehead atoms. The molecule has 1 N–H and O–H groups in total. The van der Waals surface area contributed by atoms with Crippen molar-refractivity contribution in [2.75, 3.05) is 0 Å². The van der Waals surface area contributed by atoms with Gasteiger partial charge in [-0.1, -0.05) is 11.3 Å². The standard InChI is InChI=1S/C9H8O2S2/c1-4-3-6(10)5(2)8-7(4)11-9(12)13-8/h3,10H,1-2H3. The minimum Gasteiger partial charge on any atom is -0.508 e. The molecule has 0 spiro atoms. The highest BCUT2D eigenvalue weighted by atomic mass is 32.1. The van der Waals surface area contributed by atoms with Crippen LogP contribution in [0.4, 0.5) is 0 Å². The number of aromatic hydroxyl groups is 1. The zero-order valence-electron chi connectivity index (χ0n) is 7.25. The summed E-state index contributed by atoms with van der Waals surface area (Å²) >= 11 is 6.34. The van der Waals surface area contributed by atoms with Gasteiger partial charge in [0, 0.05) is 5.56 Å². The number of phenols is 1. The van der Waals surface area contributed by atoms with E-state index in [0.717, 1.165) is 21.4 Å². The first-order valence-electron chi connectivity index (χ1n) is 3.82. The Hall–Kier alpha value is -0.870. The minimum absolute atomic E-state index is 0.303. The molecular weight excluding hydrogens is 204 g/mol. The number of aryl methyl sites for hydroxylation is 2. The van der Waals surface area contributed by atoms with Crippen LogP contribution < -0.4 is 0 Å². The van der Waals surface area contributed by atoms with Gasteiger partial charge in [0.1, 0.15) is 11.3 Å². The second-order valence-corrected chi connectivity index (χ2v) is 4.56. The van der Waals surface area contributed by atoms with Crippen molar-refractivity contribution < 1.29 is 9.52 Å². The third-order valence-corrected chi connectivity index (χ3v) is 3.29. The van der Waals surface area contributed by atoms with Gasteiger partial charge < -0.3 is 9.52 Å². The van der Waals surface area contributed by atoms with Crippen molar-refractivity contribution in [3.63, 3.8) is 0 Å². The van der Waals surface area contributed by atoms with Crippen LogP contribution in [-0.2, 0) is 0 Å². The van der Waals surface area contributed by atoms with Gasteiger partial charge in [-0.25, -0.2) is 0 Å². The molecule has 1 aromatic carbocycles. The Morgan fingerprint density at radius 3 is 2.85 bits per heavy atom. The van der Waals surface area contributed by atoms with E-state index in [4.69, 9.17) is 16.6 Å². The molecule has 2 rings (SSSR count). The molecule has 1 heterocycles. The number of hydrogen-bond donors (Lipinski definition) is 1. The largest absolute Gasteiger partial charge is 0.508 e. The van der Waals surface area contributed by atoms with Crippen molar-refractivity contribution >= 4 is 33.8 Å². The number of hydrogen-bond acceptors (Lipinski definition) is 4. The van der Waals surface area contributed by atoms with Crippen LogP contribution in [0, 0.1) is 17.9 Å². The summed E-state index contributed by atoms with van der Waals surface area (Å²) in [6, 6.07) is 1.70. The molecule has 1 aromatic heterocycles. The van der Waals surface area contributed by atoms with Gasteiger partial charge in [-0.2, -0.15) is 0 Å². The molecule has 0 atom stereocenters. The highest BCUT2D eigenvalue weighted by molar-refractivity contribution is 7.73. The van der Waals surface area contributed by atoms with Crippen LogP contribution in [0.2, 0.25) is 0 Å². The summed E-state index contributed by atoms with van der Waals surface area (Å²) < 4.78 is 6.81. The molecule has 13 heavy (non-hydrogen) atoms. The first-order valence-corrected chi connectivity index (χ1v) is 5.05. The maximum Gasteiger partial charge on any atom is 0.248 e. The molecule has 0 saturated carbocycles. The maximum absolute atomic E-state index is 9.54. The van der Waals surface area contributed by atoms with E-state index in [9.17, 15) is 5.11 Å². The predicted octanol–water partition coefficient (Wildman–Crippen LogP) is 3.55. The number of fused-ring (bicyclic) bond motifs is 1. The van der Waals surface area contributed by atoms with E-state index in [1.165, 1.54) is 11.3 Å². The third-order valence-electron chi connectivity index (χ3n) is 2.01. The van der Waals surface area contributed by atoms with Gasteiger partial charge in [0.2, 0.25) is 4.02 Å². The fourth-order valence-corrected chi connectivity index (χ4v) is 2.46. The van der Waals surface area contributed by atoms with Gasteiger partial charge in [0.15, 0.2) is 0 Å². The Morgan fingerprint density at radius 2 is 2.15 bits per heavy atom. The molecule has 0 aliphatic heterocycles. The first kappa shape index (κ1) is 8.72. The van der Waals surface area contributed by atoms with Crippen LogP contribution in [0.1, 0.15) is 11.1 Å². The lowest BCUT2D eigenvalue weighted by molar-refractivity contribution is 0.471. The van der Waals surface area contributed by atoms with Crippen molar-refractivity contribution in [2.45, 2.75) is 13.8 Å². The maximum atomic E-state index is 9.54. The zero-order chi connectivity index (χ0) is 9.59. The quantitative estimate of drug-likeness (QED) is 0.678. The molecule has 0 amide bonds. The SMILES string of the molecule is Cc1cc(O)c(C)c2sc(=S)oc12. The lowest BCUT2D eigenvalue weighted by Gasteiger charge is -2.00. The summed E-state index contributed by atoms with van der Waals surface area (Å²) in [5.74, 6) is 0.303. The average Bonchev–Trinajstić information content (AvgIpc) is 2.44. The summed E-state index contributed by atoms with van der Waals surface area (Å²) in [7, 11) is 0. The Balaban J connectivity index is 3.04. The Kier molecular flexibility index (Phi) is 1.89. The fourth-order valence-electron chi connectivity index (χ4n) is 1.28. The van der Waals surface area contributed by atoms with E-state index < -0.39 is 0 Å². The van der Waals surface area contributed by atoms with Crippen LogP contribution in [0.15, 0.2) is 10.5 Å². The highest BCUT2D eigenvalue weighted by Gasteiger charge is 2.09. The number of benzene rings is 1. The minimum atomic E-state index is 0.303. The summed E-state index contributed by atoms with van der Waals surface area (Å²) in [4.78, 5) is 0. The van der Waals surface area contributed by atoms with Crippen LogP contribution in [0.25, 0.3) is 10.3 Å². The van der Waals surface area contributed by atoms with Gasteiger partial charge in [0.25, 0.3) is 0 Å². The average molecular weight is 212 g/mol. The van der Waals surface area contributed by atoms with E-state index in [0.29, 0.717) is 9.77 Å². The summed E-state index contributed by atoms with van der Waals surface area (Å²) in [5, 5.41) is 9.54. The highest BCUT2D eigenvalue weighted by Crippen LogP contribution is 2.33. The van der Waals surface area contributed by atoms with E-state index >= 15 is 0 Å². The molecule has 0 fully saturated rings.